The molecule has 0 atom stereocenters. The fraction of sp³-hybridized carbons (Fsp3) is 0. The Morgan fingerprint density at radius 2 is 2.05 bits per heavy atom. The lowest BCUT2D eigenvalue weighted by Gasteiger charge is -2.04. The number of anilines is 1. The highest BCUT2D eigenvalue weighted by molar-refractivity contribution is 9.13. The summed E-state index contributed by atoms with van der Waals surface area (Å²) in [6, 6.07) is 4.44. The molecule has 1 heterocycles. The van der Waals surface area contributed by atoms with Gasteiger partial charge in [0.25, 0.3) is 11.6 Å². The Labute approximate surface area is 133 Å². The van der Waals surface area contributed by atoms with E-state index in [0.29, 0.717) is 9.35 Å². The quantitative estimate of drug-likeness (QED) is 0.580. The van der Waals surface area contributed by atoms with Crippen LogP contribution in [0.15, 0.2) is 32.5 Å². The molecular formula is C11H5Br2FN2O3S. The second kappa shape index (κ2) is 5.98. The smallest absolute Gasteiger partial charge is 0.292 e. The first kappa shape index (κ1) is 15.1. The third-order valence-electron chi connectivity index (χ3n) is 2.27. The zero-order chi connectivity index (χ0) is 14.9. The minimum Gasteiger partial charge on any atom is -0.315 e. The molecule has 1 aromatic carbocycles. The first-order valence-corrected chi connectivity index (χ1v) is 7.49. The Morgan fingerprint density at radius 1 is 1.35 bits per heavy atom. The predicted molar refractivity (Wildman–Crippen MR) is 80.7 cm³/mol. The van der Waals surface area contributed by atoms with Crippen LogP contribution in [0.25, 0.3) is 0 Å². The van der Waals surface area contributed by atoms with Crippen molar-refractivity contribution >= 4 is 60.5 Å². The van der Waals surface area contributed by atoms with Gasteiger partial charge in [-0.2, -0.15) is 0 Å². The summed E-state index contributed by atoms with van der Waals surface area (Å²) < 4.78 is 14.6. The molecule has 0 fully saturated rings. The summed E-state index contributed by atoms with van der Waals surface area (Å²) in [6.45, 7) is 0. The van der Waals surface area contributed by atoms with Crippen molar-refractivity contribution < 1.29 is 14.1 Å². The molecule has 1 N–H and O–H groups in total. The molecule has 0 bridgehead atoms. The van der Waals surface area contributed by atoms with E-state index in [0.717, 1.165) is 33.3 Å². The van der Waals surface area contributed by atoms with Crippen molar-refractivity contribution in [2.45, 2.75) is 0 Å². The van der Waals surface area contributed by atoms with E-state index in [2.05, 4.69) is 37.2 Å². The van der Waals surface area contributed by atoms with E-state index in [4.69, 9.17) is 0 Å². The average Bonchev–Trinajstić information content (AvgIpc) is 2.69. The number of nitro groups is 1. The summed E-state index contributed by atoms with van der Waals surface area (Å²) in [5, 5.41) is 13.2. The first-order valence-electron chi connectivity index (χ1n) is 5.08. The van der Waals surface area contributed by atoms with Gasteiger partial charge in [-0.05, 0) is 44.0 Å². The lowest BCUT2D eigenvalue weighted by molar-refractivity contribution is -0.384. The van der Waals surface area contributed by atoms with Gasteiger partial charge in [-0.1, -0.05) is 0 Å². The van der Waals surface area contributed by atoms with Crippen molar-refractivity contribution in [3.63, 3.8) is 0 Å². The summed E-state index contributed by atoms with van der Waals surface area (Å²) in [7, 11) is 0. The molecule has 0 aliphatic heterocycles. The third kappa shape index (κ3) is 3.22. The van der Waals surface area contributed by atoms with E-state index in [1.165, 1.54) is 0 Å². The number of amides is 1. The molecule has 5 nitrogen and oxygen atoms in total. The van der Waals surface area contributed by atoms with Crippen molar-refractivity contribution in [1.82, 2.24) is 0 Å². The molecular weight excluding hydrogens is 419 g/mol. The Bertz CT molecular complexity index is 685. The molecule has 1 aromatic heterocycles. The van der Waals surface area contributed by atoms with Gasteiger partial charge in [-0.15, -0.1) is 11.3 Å². The monoisotopic (exact) mass is 422 g/mol. The molecule has 20 heavy (non-hydrogen) atoms. The highest BCUT2D eigenvalue weighted by atomic mass is 79.9. The normalized spacial score (nSPS) is 10.3. The van der Waals surface area contributed by atoms with Gasteiger partial charge in [-0.25, -0.2) is 4.39 Å². The van der Waals surface area contributed by atoms with Gasteiger partial charge in [0, 0.05) is 16.6 Å². The van der Waals surface area contributed by atoms with Crippen molar-refractivity contribution in [2.24, 2.45) is 0 Å². The number of carbonyl (C=O) groups is 1. The van der Waals surface area contributed by atoms with Crippen molar-refractivity contribution in [1.29, 1.82) is 0 Å². The molecule has 0 radical (unpaired) electrons. The Kier molecular flexibility index (Phi) is 4.51. The average molecular weight is 424 g/mol. The van der Waals surface area contributed by atoms with Gasteiger partial charge in [0.15, 0.2) is 0 Å². The molecule has 0 aliphatic carbocycles. The third-order valence-corrected chi connectivity index (χ3v) is 5.53. The maximum absolute atomic E-state index is 13.1. The molecule has 2 aromatic rings. The predicted octanol–water partition coefficient (Wildman–Crippen LogP) is 4.57. The molecule has 0 unspecified atom stereocenters. The van der Waals surface area contributed by atoms with Crippen LogP contribution in [0.4, 0.5) is 15.8 Å². The molecule has 1 amide bonds. The summed E-state index contributed by atoms with van der Waals surface area (Å²) in [4.78, 5) is 22.5. The van der Waals surface area contributed by atoms with Crippen LogP contribution in [-0.2, 0) is 0 Å². The number of benzene rings is 1. The molecule has 104 valence electrons. The number of thiophene rings is 1. The molecule has 2 rings (SSSR count). The number of hydrogen-bond acceptors (Lipinski definition) is 4. The number of nitro benzene ring substituents is 1. The molecule has 0 aliphatic rings. The van der Waals surface area contributed by atoms with E-state index >= 15 is 0 Å². The molecule has 0 saturated heterocycles. The number of rotatable bonds is 3. The Hall–Kier alpha value is -1.32. The maximum Gasteiger partial charge on any atom is 0.292 e. The van der Waals surface area contributed by atoms with Gasteiger partial charge in [0.05, 0.1) is 13.6 Å². The van der Waals surface area contributed by atoms with E-state index in [-0.39, 0.29) is 11.4 Å². The number of nitrogens with one attached hydrogen (secondary N) is 1. The Balaban J connectivity index is 2.32. The van der Waals surface area contributed by atoms with Crippen molar-refractivity contribution in [3.05, 3.63) is 53.3 Å². The van der Waals surface area contributed by atoms with Gasteiger partial charge < -0.3 is 5.32 Å². The van der Waals surface area contributed by atoms with Crippen LogP contribution in [-0.4, -0.2) is 10.8 Å². The van der Waals surface area contributed by atoms with E-state index in [9.17, 15) is 19.3 Å². The SMILES string of the molecule is O=C(Nc1cc(F)ccc1[N+](=O)[O-])c1cc(Br)c(Br)s1. The fourth-order valence-corrected chi connectivity index (χ4v) is 3.34. The lowest BCUT2D eigenvalue weighted by atomic mass is 10.2. The van der Waals surface area contributed by atoms with Crippen LogP contribution < -0.4 is 5.32 Å². The number of halogens is 3. The van der Waals surface area contributed by atoms with Crippen LogP contribution in [0, 0.1) is 15.9 Å². The summed E-state index contributed by atoms with van der Waals surface area (Å²) >= 11 is 7.63. The molecule has 0 spiro atoms. The minimum atomic E-state index is -0.685. The molecule has 9 heteroatoms. The van der Waals surface area contributed by atoms with Crippen LogP contribution in [0.2, 0.25) is 0 Å². The lowest BCUT2D eigenvalue weighted by Crippen LogP contribution is -2.11. The first-order chi connectivity index (χ1) is 9.38. The highest BCUT2D eigenvalue weighted by Crippen LogP contribution is 2.33. The van der Waals surface area contributed by atoms with Gasteiger partial charge in [-0.3, -0.25) is 14.9 Å². The topological polar surface area (TPSA) is 72.2 Å². The summed E-state index contributed by atoms with van der Waals surface area (Å²) in [5.41, 5.74) is -0.546. The van der Waals surface area contributed by atoms with Crippen LogP contribution in [0.5, 0.6) is 0 Å². The number of hydrogen-bond donors (Lipinski definition) is 1. The van der Waals surface area contributed by atoms with Gasteiger partial charge >= 0.3 is 0 Å². The van der Waals surface area contributed by atoms with Gasteiger partial charge in [0.2, 0.25) is 0 Å². The number of nitrogens with zero attached hydrogens (tertiary/aromatic N) is 1. The van der Waals surface area contributed by atoms with Crippen LogP contribution >= 0.6 is 43.2 Å². The van der Waals surface area contributed by atoms with E-state index < -0.39 is 16.6 Å². The minimum absolute atomic E-state index is 0.180. The zero-order valence-electron chi connectivity index (χ0n) is 9.52. The maximum atomic E-state index is 13.1. The van der Waals surface area contributed by atoms with Gasteiger partial charge in [0.1, 0.15) is 11.5 Å². The highest BCUT2D eigenvalue weighted by Gasteiger charge is 2.19. The second-order valence-electron chi connectivity index (χ2n) is 3.60. The number of carbonyl (C=O) groups excluding carboxylic acids is 1. The van der Waals surface area contributed by atoms with E-state index in [1.54, 1.807) is 6.07 Å². The van der Waals surface area contributed by atoms with E-state index in [1.807, 2.05) is 0 Å². The molecule has 0 saturated carbocycles. The largest absolute Gasteiger partial charge is 0.315 e. The van der Waals surface area contributed by atoms with Crippen molar-refractivity contribution in [3.8, 4) is 0 Å². The van der Waals surface area contributed by atoms with Crippen LogP contribution in [0.1, 0.15) is 9.67 Å². The summed E-state index contributed by atoms with van der Waals surface area (Å²) in [5.74, 6) is -1.21. The Morgan fingerprint density at radius 3 is 2.60 bits per heavy atom. The standard InChI is InChI=1S/C11H5Br2FN2O3S/c12-6-4-9(20-10(6)13)11(17)15-7-3-5(14)1-2-8(7)16(18)19/h1-4H,(H,15,17). The fourth-order valence-electron chi connectivity index (χ4n) is 1.41. The second-order valence-corrected chi connectivity index (χ2v) is 6.83. The summed E-state index contributed by atoms with van der Waals surface area (Å²) in [6.07, 6.45) is 0. The van der Waals surface area contributed by atoms with Crippen molar-refractivity contribution in [2.75, 3.05) is 5.32 Å². The zero-order valence-corrected chi connectivity index (χ0v) is 13.5. The van der Waals surface area contributed by atoms with Crippen LogP contribution in [0.3, 0.4) is 0 Å².